The zero-order chi connectivity index (χ0) is 16.2. The highest BCUT2D eigenvalue weighted by Gasteiger charge is 2.10. The molecule has 0 aliphatic heterocycles. The Labute approximate surface area is 147 Å². The number of rotatable bonds is 4. The second-order valence-corrected chi connectivity index (χ2v) is 5.31. The number of nitrogen functional groups attached to an aromatic ring is 1. The highest BCUT2D eigenvalue weighted by Crippen LogP contribution is 2.22. The average molecular weight is 343 g/mol. The Morgan fingerprint density at radius 1 is 0.958 bits per heavy atom. The Bertz CT molecular complexity index is 802. The van der Waals surface area contributed by atoms with Crippen molar-refractivity contribution in [3.05, 3.63) is 60.9 Å². The molecule has 0 spiro atoms. The van der Waals surface area contributed by atoms with E-state index in [1.165, 1.54) is 0 Å². The van der Waals surface area contributed by atoms with Crippen molar-refractivity contribution >= 4 is 28.7 Å². The lowest BCUT2D eigenvalue weighted by molar-refractivity contribution is -0.657. The summed E-state index contributed by atoms with van der Waals surface area (Å²) in [6.45, 7) is 0. The van der Waals surface area contributed by atoms with E-state index in [-0.39, 0.29) is 12.4 Å². The van der Waals surface area contributed by atoms with Crippen LogP contribution in [0.15, 0.2) is 71.2 Å². The summed E-state index contributed by atoms with van der Waals surface area (Å²) in [5.74, 6) is 0.786. The summed E-state index contributed by atoms with van der Waals surface area (Å²) < 4.78 is 3.83. The zero-order valence-electron chi connectivity index (χ0n) is 13.5. The van der Waals surface area contributed by atoms with Crippen molar-refractivity contribution < 1.29 is 17.0 Å². The molecule has 1 heterocycles. The van der Waals surface area contributed by atoms with Gasteiger partial charge in [0.25, 0.3) is 0 Å². The molecule has 1 aromatic heterocycles. The summed E-state index contributed by atoms with van der Waals surface area (Å²) in [6, 6.07) is 15.4. The molecule has 0 unspecified atom stereocenters. The minimum Gasteiger partial charge on any atom is -1.00 e. The van der Waals surface area contributed by atoms with Gasteiger partial charge in [-0.1, -0.05) is 5.11 Å². The molecule has 2 aromatic carbocycles. The fraction of sp³-hybridized carbons (Fsp3) is 0.118. The first-order chi connectivity index (χ1) is 11.1. The molecule has 0 fully saturated rings. The van der Waals surface area contributed by atoms with E-state index in [0.29, 0.717) is 0 Å². The minimum atomic E-state index is 0. The van der Waals surface area contributed by atoms with E-state index in [0.717, 1.165) is 28.7 Å². The fourth-order valence-corrected chi connectivity index (χ4v) is 2.17. The SMILES string of the molecule is Cn1cc[n+](C)c1N=Nc1ccc(Nc2ccc(N)cc2)cc1.[Cl-]. The van der Waals surface area contributed by atoms with Gasteiger partial charge < -0.3 is 23.5 Å². The topological polar surface area (TPSA) is 71.6 Å². The van der Waals surface area contributed by atoms with Crippen LogP contribution in [-0.4, -0.2) is 4.57 Å². The van der Waals surface area contributed by atoms with E-state index in [9.17, 15) is 0 Å². The van der Waals surface area contributed by atoms with Crippen LogP contribution in [0.3, 0.4) is 0 Å². The van der Waals surface area contributed by atoms with Gasteiger partial charge in [-0.05, 0) is 48.5 Å². The van der Waals surface area contributed by atoms with Crippen LogP contribution in [0.4, 0.5) is 28.7 Å². The Hall–Kier alpha value is -2.86. The third-order valence-corrected chi connectivity index (χ3v) is 3.47. The van der Waals surface area contributed by atoms with Crippen LogP contribution in [0.1, 0.15) is 0 Å². The fourth-order valence-electron chi connectivity index (χ4n) is 2.17. The van der Waals surface area contributed by atoms with E-state index in [1.807, 2.05) is 84.2 Å². The Morgan fingerprint density at radius 3 is 2.08 bits per heavy atom. The number of nitrogens with zero attached hydrogens (tertiary/aromatic N) is 4. The van der Waals surface area contributed by atoms with Crippen molar-refractivity contribution in [1.29, 1.82) is 0 Å². The number of nitrogens with two attached hydrogens (primary N) is 1. The number of benzene rings is 2. The summed E-state index contributed by atoms with van der Waals surface area (Å²) in [7, 11) is 3.88. The van der Waals surface area contributed by atoms with Crippen LogP contribution in [0.5, 0.6) is 0 Å². The third kappa shape index (κ3) is 4.11. The first-order valence-electron chi connectivity index (χ1n) is 7.27. The maximum atomic E-state index is 5.68. The van der Waals surface area contributed by atoms with Crippen molar-refractivity contribution in [1.82, 2.24) is 4.57 Å². The first-order valence-corrected chi connectivity index (χ1v) is 7.27. The van der Waals surface area contributed by atoms with Crippen LogP contribution >= 0.6 is 0 Å². The maximum absolute atomic E-state index is 5.68. The predicted molar refractivity (Wildman–Crippen MR) is 91.3 cm³/mol. The molecule has 3 N–H and O–H groups in total. The molecule has 0 aliphatic rings. The Morgan fingerprint density at radius 2 is 1.54 bits per heavy atom. The maximum Gasteiger partial charge on any atom is 0.421 e. The lowest BCUT2D eigenvalue weighted by Gasteiger charge is -2.06. The largest absolute Gasteiger partial charge is 1.00 e. The Kier molecular flexibility index (Phi) is 5.55. The van der Waals surface area contributed by atoms with Gasteiger partial charge >= 0.3 is 5.95 Å². The number of aromatic nitrogens is 2. The van der Waals surface area contributed by atoms with Crippen molar-refractivity contribution in [3.8, 4) is 0 Å². The van der Waals surface area contributed by atoms with Crippen LogP contribution in [-0.2, 0) is 14.1 Å². The van der Waals surface area contributed by atoms with Crippen LogP contribution in [0.25, 0.3) is 0 Å². The van der Waals surface area contributed by atoms with Gasteiger partial charge in [0.1, 0.15) is 5.69 Å². The average Bonchev–Trinajstić information content (AvgIpc) is 2.88. The molecule has 0 amide bonds. The first kappa shape index (κ1) is 17.5. The van der Waals surface area contributed by atoms with Gasteiger partial charge in [-0.15, -0.1) is 0 Å². The number of anilines is 3. The number of hydrogen-bond acceptors (Lipinski definition) is 4. The normalized spacial score (nSPS) is 10.6. The highest BCUT2D eigenvalue weighted by molar-refractivity contribution is 5.63. The second kappa shape index (κ2) is 7.61. The molecule has 0 aliphatic carbocycles. The van der Waals surface area contributed by atoms with Crippen molar-refractivity contribution in [2.45, 2.75) is 0 Å². The Balaban J connectivity index is 0.00000208. The molecule has 0 radical (unpaired) electrons. The quantitative estimate of drug-likeness (QED) is 0.414. The number of imidazole rings is 1. The lowest BCUT2D eigenvalue weighted by Crippen LogP contribution is -3.00. The van der Waals surface area contributed by atoms with Gasteiger partial charge in [-0.2, -0.15) is 0 Å². The van der Waals surface area contributed by atoms with Gasteiger partial charge in [0.05, 0.1) is 26.5 Å². The summed E-state index contributed by atoms with van der Waals surface area (Å²) in [6.07, 6.45) is 3.88. The molecule has 24 heavy (non-hydrogen) atoms. The molecule has 124 valence electrons. The van der Waals surface area contributed by atoms with Crippen molar-refractivity contribution in [2.24, 2.45) is 24.3 Å². The van der Waals surface area contributed by atoms with E-state index < -0.39 is 0 Å². The monoisotopic (exact) mass is 342 g/mol. The number of azo groups is 1. The smallest absolute Gasteiger partial charge is 0.421 e. The molecular formula is C17H19ClN6. The lowest BCUT2D eigenvalue weighted by atomic mass is 10.2. The van der Waals surface area contributed by atoms with Crippen LogP contribution in [0, 0.1) is 0 Å². The standard InChI is InChI=1S/C17H18N6.ClH/c1-22-11-12-23(2)17(22)21-20-16-9-7-15(8-10-16)19-14-5-3-13(18)4-6-14;/h3-12H,1-2H3,(H2,18,20);1H. The molecular weight excluding hydrogens is 324 g/mol. The molecule has 3 aromatic rings. The molecule has 6 nitrogen and oxygen atoms in total. The van der Waals surface area contributed by atoms with E-state index in [1.54, 1.807) is 0 Å². The van der Waals surface area contributed by atoms with E-state index >= 15 is 0 Å². The molecule has 7 heteroatoms. The van der Waals surface area contributed by atoms with Gasteiger partial charge in [-0.3, -0.25) is 0 Å². The molecule has 3 rings (SSSR count). The van der Waals surface area contributed by atoms with Gasteiger partial charge in [-0.25, -0.2) is 9.13 Å². The molecule has 0 bridgehead atoms. The number of halogens is 1. The molecule has 0 saturated heterocycles. The summed E-state index contributed by atoms with van der Waals surface area (Å²) in [4.78, 5) is 0. The number of aryl methyl sites for hydroxylation is 2. The molecule has 0 atom stereocenters. The highest BCUT2D eigenvalue weighted by atomic mass is 35.5. The summed E-state index contributed by atoms with van der Waals surface area (Å²) >= 11 is 0. The van der Waals surface area contributed by atoms with Crippen LogP contribution in [0.2, 0.25) is 0 Å². The number of hydrogen-bond donors (Lipinski definition) is 2. The summed E-state index contributed by atoms with van der Waals surface area (Å²) in [5.41, 5.74) is 9.21. The van der Waals surface area contributed by atoms with Gasteiger partial charge in [0, 0.05) is 22.2 Å². The zero-order valence-corrected chi connectivity index (χ0v) is 14.3. The third-order valence-electron chi connectivity index (χ3n) is 3.47. The minimum absolute atomic E-state index is 0. The number of nitrogens with one attached hydrogen (secondary N) is 1. The predicted octanol–water partition coefficient (Wildman–Crippen LogP) is 0.595. The van der Waals surface area contributed by atoms with Gasteiger partial charge in [0.2, 0.25) is 0 Å². The van der Waals surface area contributed by atoms with E-state index in [2.05, 4.69) is 15.5 Å². The van der Waals surface area contributed by atoms with Crippen LogP contribution < -0.4 is 28.0 Å². The second-order valence-electron chi connectivity index (χ2n) is 5.31. The van der Waals surface area contributed by atoms with E-state index in [4.69, 9.17) is 5.73 Å². The summed E-state index contributed by atoms with van der Waals surface area (Å²) in [5, 5.41) is 11.9. The van der Waals surface area contributed by atoms with Crippen molar-refractivity contribution in [2.75, 3.05) is 11.1 Å². The van der Waals surface area contributed by atoms with Gasteiger partial charge in [0.15, 0.2) is 0 Å². The molecule has 0 saturated carbocycles. The van der Waals surface area contributed by atoms with Crippen molar-refractivity contribution in [3.63, 3.8) is 0 Å².